The number of aryl methyl sites for hydroxylation is 1. The minimum Gasteiger partial charge on any atom is -0.466 e. The second-order valence-corrected chi connectivity index (χ2v) is 4.33. The molecule has 80 valence electrons. The Morgan fingerprint density at radius 1 is 1.36 bits per heavy atom. The van der Waals surface area contributed by atoms with Crippen molar-refractivity contribution in [3.05, 3.63) is 23.7 Å². The molecule has 1 rings (SSSR count). The van der Waals surface area contributed by atoms with E-state index in [4.69, 9.17) is 4.42 Å². The number of hydrogen-bond acceptors (Lipinski definition) is 2. The number of hydrogen-bond donors (Lipinski definition) is 1. The van der Waals surface area contributed by atoms with E-state index in [2.05, 4.69) is 25.2 Å². The van der Waals surface area contributed by atoms with Crippen molar-refractivity contribution in [2.45, 2.75) is 33.1 Å². The van der Waals surface area contributed by atoms with Crippen molar-refractivity contribution in [3.8, 4) is 0 Å². The van der Waals surface area contributed by atoms with Crippen LogP contribution in [0.2, 0.25) is 0 Å². The molecule has 1 heterocycles. The summed E-state index contributed by atoms with van der Waals surface area (Å²) in [6.45, 7) is 7.48. The van der Waals surface area contributed by atoms with E-state index in [9.17, 15) is 0 Å². The van der Waals surface area contributed by atoms with Gasteiger partial charge in [-0.25, -0.2) is 0 Å². The first kappa shape index (κ1) is 11.3. The van der Waals surface area contributed by atoms with Crippen LogP contribution >= 0.6 is 0 Å². The van der Waals surface area contributed by atoms with Crippen LogP contribution in [0.1, 0.15) is 37.7 Å². The van der Waals surface area contributed by atoms with Gasteiger partial charge < -0.3 is 9.73 Å². The van der Waals surface area contributed by atoms with Crippen LogP contribution in [0.3, 0.4) is 0 Å². The summed E-state index contributed by atoms with van der Waals surface area (Å²) in [7, 11) is 1.99. The van der Waals surface area contributed by atoms with Gasteiger partial charge in [0.25, 0.3) is 0 Å². The average molecular weight is 195 g/mol. The van der Waals surface area contributed by atoms with Crippen molar-refractivity contribution in [2.75, 3.05) is 13.6 Å². The topological polar surface area (TPSA) is 25.2 Å². The Hall–Kier alpha value is -0.760. The van der Waals surface area contributed by atoms with Gasteiger partial charge in [-0.1, -0.05) is 13.8 Å². The van der Waals surface area contributed by atoms with Gasteiger partial charge in [0.05, 0.1) is 0 Å². The molecule has 0 aliphatic heterocycles. The number of rotatable bonds is 5. The number of likely N-dealkylation sites (N-methyl/N-ethyl adjacent to an activating group) is 1. The minimum absolute atomic E-state index is 0.508. The molecule has 0 saturated carbocycles. The third-order valence-corrected chi connectivity index (χ3v) is 2.37. The number of nitrogens with one attached hydrogen (secondary N) is 1. The molecule has 0 saturated heterocycles. The van der Waals surface area contributed by atoms with E-state index in [-0.39, 0.29) is 0 Å². The van der Waals surface area contributed by atoms with Crippen LogP contribution in [0.15, 0.2) is 16.5 Å². The van der Waals surface area contributed by atoms with Gasteiger partial charge >= 0.3 is 0 Å². The lowest BCUT2D eigenvalue weighted by atomic mass is 9.95. The number of furan rings is 1. The molecule has 0 bridgehead atoms. The fraction of sp³-hybridized carbons (Fsp3) is 0.667. The normalized spacial score (nSPS) is 13.5. The van der Waals surface area contributed by atoms with Crippen LogP contribution in [0, 0.1) is 12.8 Å². The van der Waals surface area contributed by atoms with Crippen molar-refractivity contribution in [1.82, 2.24) is 5.32 Å². The Bertz CT molecular complexity index is 265. The van der Waals surface area contributed by atoms with Crippen LogP contribution in [0.5, 0.6) is 0 Å². The minimum atomic E-state index is 0.508. The lowest BCUT2D eigenvalue weighted by Gasteiger charge is -2.16. The molecule has 2 heteroatoms. The van der Waals surface area contributed by atoms with Gasteiger partial charge in [-0.2, -0.15) is 0 Å². The van der Waals surface area contributed by atoms with Gasteiger partial charge in [0.1, 0.15) is 11.5 Å². The summed E-state index contributed by atoms with van der Waals surface area (Å²) in [5.41, 5.74) is 0. The molecular formula is C12H21NO. The van der Waals surface area contributed by atoms with Gasteiger partial charge in [-0.3, -0.25) is 0 Å². The standard InChI is InChI=1S/C12H21NO/c1-9(2)7-11(8-13-4)12-6-5-10(3)14-12/h5-6,9,11,13H,7-8H2,1-4H3. The zero-order valence-electron chi connectivity index (χ0n) is 9.63. The Balaban J connectivity index is 2.66. The Labute approximate surface area is 86.7 Å². The second-order valence-electron chi connectivity index (χ2n) is 4.33. The second kappa shape index (κ2) is 5.20. The highest BCUT2D eigenvalue weighted by molar-refractivity contribution is 5.10. The van der Waals surface area contributed by atoms with E-state index in [0.717, 1.165) is 18.1 Å². The molecule has 14 heavy (non-hydrogen) atoms. The largest absolute Gasteiger partial charge is 0.466 e. The maximum absolute atomic E-state index is 5.66. The monoisotopic (exact) mass is 195 g/mol. The molecule has 1 atom stereocenters. The quantitative estimate of drug-likeness (QED) is 0.781. The van der Waals surface area contributed by atoms with Gasteiger partial charge in [0, 0.05) is 12.5 Å². The highest BCUT2D eigenvalue weighted by atomic mass is 16.3. The Morgan fingerprint density at radius 3 is 2.50 bits per heavy atom. The molecule has 0 aromatic carbocycles. The van der Waals surface area contributed by atoms with Crippen molar-refractivity contribution >= 4 is 0 Å². The fourth-order valence-corrected chi connectivity index (χ4v) is 1.79. The maximum atomic E-state index is 5.66. The third kappa shape index (κ3) is 3.18. The molecule has 0 amide bonds. The summed E-state index contributed by atoms with van der Waals surface area (Å²) >= 11 is 0. The molecule has 0 aliphatic carbocycles. The first-order chi connectivity index (χ1) is 6.63. The van der Waals surface area contributed by atoms with Gasteiger partial charge in [-0.15, -0.1) is 0 Å². The zero-order chi connectivity index (χ0) is 10.6. The van der Waals surface area contributed by atoms with Crippen LogP contribution in [0.4, 0.5) is 0 Å². The summed E-state index contributed by atoms with van der Waals surface area (Å²) in [5, 5.41) is 3.22. The smallest absolute Gasteiger partial charge is 0.108 e. The fourth-order valence-electron chi connectivity index (χ4n) is 1.79. The van der Waals surface area contributed by atoms with E-state index in [0.29, 0.717) is 11.8 Å². The van der Waals surface area contributed by atoms with Crippen LogP contribution in [-0.4, -0.2) is 13.6 Å². The van der Waals surface area contributed by atoms with E-state index in [1.165, 1.54) is 6.42 Å². The molecule has 0 fully saturated rings. The van der Waals surface area contributed by atoms with E-state index in [1.807, 2.05) is 20.0 Å². The maximum Gasteiger partial charge on any atom is 0.108 e. The summed E-state index contributed by atoms with van der Waals surface area (Å²) in [5.74, 6) is 3.34. The van der Waals surface area contributed by atoms with Gasteiger partial charge in [0.2, 0.25) is 0 Å². The van der Waals surface area contributed by atoms with Crippen molar-refractivity contribution in [3.63, 3.8) is 0 Å². The lowest BCUT2D eigenvalue weighted by Crippen LogP contribution is -2.18. The van der Waals surface area contributed by atoms with Crippen LogP contribution in [-0.2, 0) is 0 Å². The molecule has 0 radical (unpaired) electrons. The average Bonchev–Trinajstić information content (AvgIpc) is 2.50. The SMILES string of the molecule is CNCC(CC(C)C)c1ccc(C)o1. The Kier molecular flexibility index (Phi) is 4.21. The molecule has 1 aromatic rings. The highest BCUT2D eigenvalue weighted by Crippen LogP contribution is 2.24. The first-order valence-corrected chi connectivity index (χ1v) is 5.34. The highest BCUT2D eigenvalue weighted by Gasteiger charge is 2.15. The predicted octanol–water partition coefficient (Wildman–Crippen LogP) is 2.94. The first-order valence-electron chi connectivity index (χ1n) is 5.34. The molecule has 2 nitrogen and oxygen atoms in total. The van der Waals surface area contributed by atoms with E-state index < -0.39 is 0 Å². The summed E-state index contributed by atoms with van der Waals surface area (Å²) in [6.07, 6.45) is 1.17. The molecule has 0 aliphatic rings. The Morgan fingerprint density at radius 2 is 2.07 bits per heavy atom. The van der Waals surface area contributed by atoms with E-state index >= 15 is 0 Å². The third-order valence-electron chi connectivity index (χ3n) is 2.37. The van der Waals surface area contributed by atoms with Crippen molar-refractivity contribution < 1.29 is 4.42 Å². The van der Waals surface area contributed by atoms with E-state index in [1.54, 1.807) is 0 Å². The molecule has 1 aromatic heterocycles. The van der Waals surface area contributed by atoms with Crippen LogP contribution in [0.25, 0.3) is 0 Å². The molecule has 1 N–H and O–H groups in total. The van der Waals surface area contributed by atoms with Crippen LogP contribution < -0.4 is 5.32 Å². The molecule has 0 spiro atoms. The van der Waals surface area contributed by atoms with Gasteiger partial charge in [0.15, 0.2) is 0 Å². The van der Waals surface area contributed by atoms with Crippen molar-refractivity contribution in [2.24, 2.45) is 5.92 Å². The lowest BCUT2D eigenvalue weighted by molar-refractivity contribution is 0.391. The molecular weight excluding hydrogens is 174 g/mol. The summed E-state index contributed by atoms with van der Waals surface area (Å²) < 4.78 is 5.66. The van der Waals surface area contributed by atoms with Crippen molar-refractivity contribution in [1.29, 1.82) is 0 Å². The van der Waals surface area contributed by atoms with Gasteiger partial charge in [-0.05, 0) is 38.4 Å². The summed E-state index contributed by atoms with van der Waals surface area (Å²) in [4.78, 5) is 0. The molecule has 1 unspecified atom stereocenters. The summed E-state index contributed by atoms with van der Waals surface area (Å²) in [6, 6.07) is 4.14. The predicted molar refractivity (Wildman–Crippen MR) is 59.6 cm³/mol. The zero-order valence-corrected chi connectivity index (χ0v) is 9.63.